The fourth-order valence-electron chi connectivity index (χ4n) is 2.53. The quantitative estimate of drug-likeness (QED) is 0.847. The Balaban J connectivity index is 2.04. The normalized spacial score (nSPS) is 14.7. The van der Waals surface area contributed by atoms with Crippen LogP contribution in [0.2, 0.25) is 0 Å². The molecule has 2 amide bonds. The summed E-state index contributed by atoms with van der Waals surface area (Å²) in [5.41, 5.74) is 7.64. The number of benzene rings is 1. The van der Waals surface area contributed by atoms with Crippen LogP contribution in [0, 0.1) is 0 Å². The summed E-state index contributed by atoms with van der Waals surface area (Å²) < 4.78 is 0. The number of anilines is 1. The van der Waals surface area contributed by atoms with E-state index in [-0.39, 0.29) is 6.03 Å². The molecular formula is C15H23N3O. The summed E-state index contributed by atoms with van der Waals surface area (Å²) in [5, 5.41) is 0. The predicted octanol–water partition coefficient (Wildman–Crippen LogP) is 2.70. The Labute approximate surface area is 115 Å². The van der Waals surface area contributed by atoms with Gasteiger partial charge in [0, 0.05) is 31.9 Å². The highest BCUT2D eigenvalue weighted by Gasteiger charge is 2.23. The summed E-state index contributed by atoms with van der Waals surface area (Å²) in [4.78, 5) is 16.3. The van der Waals surface area contributed by atoms with Crippen molar-refractivity contribution < 1.29 is 4.79 Å². The summed E-state index contributed by atoms with van der Waals surface area (Å²) in [7, 11) is 0. The standard InChI is InChI=1S/C15H23N3O/c1-2-8-18(15(19)17-9-3-4-10-17)12-13-6-5-7-14(16)11-13/h5-7,11H,2-4,8-10,12,16H2,1H3. The van der Waals surface area contributed by atoms with Crippen LogP contribution in [0.5, 0.6) is 0 Å². The Bertz CT molecular complexity index is 427. The smallest absolute Gasteiger partial charge is 0.320 e. The lowest BCUT2D eigenvalue weighted by atomic mass is 10.2. The zero-order chi connectivity index (χ0) is 13.7. The molecular weight excluding hydrogens is 238 g/mol. The van der Waals surface area contributed by atoms with Crippen LogP contribution in [0.3, 0.4) is 0 Å². The number of carbonyl (C=O) groups is 1. The predicted molar refractivity (Wildman–Crippen MR) is 77.8 cm³/mol. The molecule has 1 fully saturated rings. The van der Waals surface area contributed by atoms with Gasteiger partial charge in [-0.25, -0.2) is 4.79 Å². The van der Waals surface area contributed by atoms with Crippen LogP contribution in [0.15, 0.2) is 24.3 Å². The van der Waals surface area contributed by atoms with Crippen LogP contribution < -0.4 is 5.73 Å². The number of hydrogen-bond acceptors (Lipinski definition) is 2. The topological polar surface area (TPSA) is 49.6 Å². The molecule has 1 aromatic rings. The largest absolute Gasteiger partial charge is 0.399 e. The Morgan fingerprint density at radius 1 is 1.37 bits per heavy atom. The molecule has 1 aliphatic heterocycles. The third-order valence-electron chi connectivity index (χ3n) is 3.47. The summed E-state index contributed by atoms with van der Waals surface area (Å²) >= 11 is 0. The molecule has 104 valence electrons. The highest BCUT2D eigenvalue weighted by molar-refractivity contribution is 5.74. The van der Waals surface area contributed by atoms with Crippen molar-refractivity contribution in [1.82, 2.24) is 9.80 Å². The molecule has 0 spiro atoms. The van der Waals surface area contributed by atoms with E-state index in [1.54, 1.807) is 0 Å². The van der Waals surface area contributed by atoms with Gasteiger partial charge in [-0.15, -0.1) is 0 Å². The van der Waals surface area contributed by atoms with Gasteiger partial charge in [-0.2, -0.15) is 0 Å². The number of urea groups is 1. The maximum atomic E-state index is 12.4. The van der Waals surface area contributed by atoms with Gasteiger partial charge in [-0.05, 0) is 37.0 Å². The van der Waals surface area contributed by atoms with E-state index >= 15 is 0 Å². The average Bonchev–Trinajstić information content (AvgIpc) is 2.91. The first-order chi connectivity index (χ1) is 9.20. The molecule has 1 aliphatic rings. The second-order valence-electron chi connectivity index (χ2n) is 5.14. The van der Waals surface area contributed by atoms with E-state index in [0.717, 1.165) is 50.1 Å². The first kappa shape index (κ1) is 13.7. The number of nitrogens with zero attached hydrogens (tertiary/aromatic N) is 2. The van der Waals surface area contributed by atoms with Crippen LogP contribution in [0.25, 0.3) is 0 Å². The number of hydrogen-bond donors (Lipinski definition) is 1. The molecule has 0 bridgehead atoms. The van der Waals surface area contributed by atoms with Crippen molar-refractivity contribution in [2.75, 3.05) is 25.4 Å². The monoisotopic (exact) mass is 261 g/mol. The lowest BCUT2D eigenvalue weighted by Crippen LogP contribution is -2.41. The van der Waals surface area contributed by atoms with Gasteiger partial charge in [0.05, 0.1) is 0 Å². The fraction of sp³-hybridized carbons (Fsp3) is 0.533. The van der Waals surface area contributed by atoms with Crippen molar-refractivity contribution in [1.29, 1.82) is 0 Å². The van der Waals surface area contributed by atoms with Gasteiger partial charge in [0.2, 0.25) is 0 Å². The fourth-order valence-corrected chi connectivity index (χ4v) is 2.53. The maximum Gasteiger partial charge on any atom is 0.320 e. The van der Waals surface area contributed by atoms with Crippen molar-refractivity contribution >= 4 is 11.7 Å². The molecule has 0 aromatic heterocycles. The average molecular weight is 261 g/mol. The number of nitrogen functional groups attached to an aromatic ring is 1. The summed E-state index contributed by atoms with van der Waals surface area (Å²) in [6, 6.07) is 7.95. The lowest BCUT2D eigenvalue weighted by molar-refractivity contribution is 0.159. The molecule has 1 saturated heterocycles. The number of carbonyl (C=O) groups excluding carboxylic acids is 1. The minimum absolute atomic E-state index is 0.168. The third-order valence-corrected chi connectivity index (χ3v) is 3.47. The van der Waals surface area contributed by atoms with Crippen LogP contribution in [-0.4, -0.2) is 35.5 Å². The van der Waals surface area contributed by atoms with Crippen LogP contribution in [0.1, 0.15) is 31.7 Å². The summed E-state index contributed by atoms with van der Waals surface area (Å²) in [6.07, 6.45) is 3.23. The second-order valence-corrected chi connectivity index (χ2v) is 5.14. The molecule has 4 nitrogen and oxygen atoms in total. The molecule has 0 unspecified atom stereocenters. The van der Waals surface area contributed by atoms with Crippen LogP contribution in [0.4, 0.5) is 10.5 Å². The second kappa shape index (κ2) is 6.45. The number of likely N-dealkylation sites (tertiary alicyclic amines) is 1. The number of nitrogens with two attached hydrogens (primary N) is 1. The molecule has 19 heavy (non-hydrogen) atoms. The van der Waals surface area contributed by atoms with Gasteiger partial charge < -0.3 is 15.5 Å². The van der Waals surface area contributed by atoms with E-state index in [1.165, 1.54) is 0 Å². The van der Waals surface area contributed by atoms with Gasteiger partial charge in [-0.3, -0.25) is 0 Å². The van der Waals surface area contributed by atoms with Crippen molar-refractivity contribution in [3.63, 3.8) is 0 Å². The molecule has 1 heterocycles. The van der Waals surface area contributed by atoms with Crippen molar-refractivity contribution in [3.05, 3.63) is 29.8 Å². The number of amides is 2. The van der Waals surface area contributed by atoms with Crippen LogP contribution in [-0.2, 0) is 6.54 Å². The van der Waals surface area contributed by atoms with E-state index in [2.05, 4.69) is 6.92 Å². The minimum atomic E-state index is 0.168. The molecule has 0 aliphatic carbocycles. The lowest BCUT2D eigenvalue weighted by Gasteiger charge is -2.27. The van der Waals surface area contributed by atoms with Crippen molar-refractivity contribution in [2.45, 2.75) is 32.7 Å². The van der Waals surface area contributed by atoms with Gasteiger partial charge in [-0.1, -0.05) is 19.1 Å². The SMILES string of the molecule is CCCN(Cc1cccc(N)c1)C(=O)N1CCCC1. The Kier molecular flexibility index (Phi) is 4.66. The molecule has 0 radical (unpaired) electrons. The maximum absolute atomic E-state index is 12.4. The Hall–Kier alpha value is -1.71. The first-order valence-electron chi connectivity index (χ1n) is 7.09. The van der Waals surface area contributed by atoms with E-state index in [0.29, 0.717) is 6.54 Å². The zero-order valence-corrected chi connectivity index (χ0v) is 11.6. The molecule has 1 aromatic carbocycles. The first-order valence-corrected chi connectivity index (χ1v) is 7.09. The highest BCUT2D eigenvalue weighted by Crippen LogP contribution is 2.15. The minimum Gasteiger partial charge on any atom is -0.399 e. The van der Waals surface area contributed by atoms with E-state index in [9.17, 15) is 4.79 Å². The third kappa shape index (κ3) is 3.63. The highest BCUT2D eigenvalue weighted by atomic mass is 16.2. The summed E-state index contributed by atoms with van der Waals surface area (Å²) in [5.74, 6) is 0. The Morgan fingerprint density at radius 3 is 2.74 bits per heavy atom. The van der Waals surface area contributed by atoms with Crippen molar-refractivity contribution in [2.24, 2.45) is 0 Å². The van der Waals surface area contributed by atoms with Gasteiger partial charge >= 0.3 is 6.03 Å². The molecule has 2 rings (SSSR count). The van der Waals surface area contributed by atoms with E-state index < -0.39 is 0 Å². The van der Waals surface area contributed by atoms with Gasteiger partial charge in [0.15, 0.2) is 0 Å². The molecule has 4 heteroatoms. The molecule has 0 saturated carbocycles. The molecule has 2 N–H and O–H groups in total. The van der Waals surface area contributed by atoms with Crippen LogP contribution >= 0.6 is 0 Å². The van der Waals surface area contributed by atoms with E-state index in [1.807, 2.05) is 34.1 Å². The van der Waals surface area contributed by atoms with E-state index in [4.69, 9.17) is 5.73 Å². The van der Waals surface area contributed by atoms with Gasteiger partial charge in [0.25, 0.3) is 0 Å². The molecule has 0 atom stereocenters. The van der Waals surface area contributed by atoms with Gasteiger partial charge in [0.1, 0.15) is 0 Å². The van der Waals surface area contributed by atoms with Crippen molar-refractivity contribution in [3.8, 4) is 0 Å². The summed E-state index contributed by atoms with van der Waals surface area (Å²) in [6.45, 7) is 5.34. The number of rotatable bonds is 4. The zero-order valence-electron chi connectivity index (χ0n) is 11.6. The Morgan fingerprint density at radius 2 is 2.11 bits per heavy atom.